The fourth-order valence-electron chi connectivity index (χ4n) is 2.79. The molecule has 0 spiro atoms. The van der Waals surface area contributed by atoms with Gasteiger partial charge in [-0.3, -0.25) is 0 Å². The number of nitrogens with two attached hydrogens (primary N) is 1. The van der Waals surface area contributed by atoms with Crippen molar-refractivity contribution in [3.63, 3.8) is 0 Å². The Morgan fingerprint density at radius 2 is 2.00 bits per heavy atom. The molecule has 1 aliphatic rings. The molecule has 0 saturated carbocycles. The van der Waals surface area contributed by atoms with Crippen LogP contribution in [0.4, 0.5) is 5.69 Å². The molecule has 1 saturated heterocycles. The van der Waals surface area contributed by atoms with Crippen molar-refractivity contribution in [3.05, 3.63) is 23.3 Å². The van der Waals surface area contributed by atoms with E-state index in [0.29, 0.717) is 29.2 Å². The molecule has 1 atom stereocenters. The van der Waals surface area contributed by atoms with E-state index in [9.17, 15) is 8.42 Å². The van der Waals surface area contributed by atoms with Crippen LogP contribution in [0, 0.1) is 13.8 Å². The van der Waals surface area contributed by atoms with Crippen LogP contribution in [0.1, 0.15) is 30.9 Å². The van der Waals surface area contributed by atoms with E-state index in [1.165, 1.54) is 4.31 Å². The molecule has 0 amide bonds. The van der Waals surface area contributed by atoms with Gasteiger partial charge in [-0.15, -0.1) is 0 Å². The Balaban J connectivity index is 2.43. The van der Waals surface area contributed by atoms with Crippen molar-refractivity contribution in [1.29, 1.82) is 0 Å². The lowest BCUT2D eigenvalue weighted by Crippen LogP contribution is -2.49. The molecule has 1 heterocycles. The number of piperidine rings is 1. The zero-order valence-electron chi connectivity index (χ0n) is 13.1. The van der Waals surface area contributed by atoms with E-state index in [-0.39, 0.29) is 0 Å². The van der Waals surface area contributed by atoms with Crippen LogP contribution < -0.4 is 5.73 Å². The van der Waals surface area contributed by atoms with Crippen LogP contribution in [0.2, 0.25) is 0 Å². The lowest BCUT2D eigenvalue weighted by atomic mass is 9.96. The Labute approximate surface area is 127 Å². The van der Waals surface area contributed by atoms with Crippen LogP contribution in [-0.2, 0) is 14.8 Å². The van der Waals surface area contributed by atoms with Crippen molar-refractivity contribution in [1.82, 2.24) is 4.31 Å². The van der Waals surface area contributed by atoms with E-state index >= 15 is 0 Å². The molecule has 0 aromatic heterocycles. The summed E-state index contributed by atoms with van der Waals surface area (Å²) in [6.45, 7) is 6.45. The first-order chi connectivity index (χ1) is 9.69. The number of aryl methyl sites for hydroxylation is 1. The van der Waals surface area contributed by atoms with Crippen molar-refractivity contribution >= 4 is 15.7 Å². The number of nitrogens with zero attached hydrogens (tertiary/aromatic N) is 1. The van der Waals surface area contributed by atoms with Gasteiger partial charge in [0.2, 0.25) is 10.0 Å². The van der Waals surface area contributed by atoms with Gasteiger partial charge in [0, 0.05) is 25.9 Å². The number of methoxy groups -OCH3 is 1. The van der Waals surface area contributed by atoms with Gasteiger partial charge in [-0.1, -0.05) is 0 Å². The fourth-order valence-corrected chi connectivity index (χ4v) is 4.72. The quantitative estimate of drug-likeness (QED) is 0.867. The molecular formula is C15H24N2O3S. The number of anilines is 1. The molecule has 6 heteroatoms. The lowest BCUT2D eigenvalue weighted by Gasteiger charge is -2.38. The molecule has 1 unspecified atom stereocenters. The van der Waals surface area contributed by atoms with Gasteiger partial charge in [-0.25, -0.2) is 8.42 Å². The number of hydrogen-bond donors (Lipinski definition) is 1. The van der Waals surface area contributed by atoms with E-state index < -0.39 is 15.6 Å². The predicted octanol–water partition coefficient (Wildman–Crippen LogP) is 2.08. The van der Waals surface area contributed by atoms with Gasteiger partial charge in [0.05, 0.1) is 10.5 Å². The van der Waals surface area contributed by atoms with Crippen LogP contribution in [0.3, 0.4) is 0 Å². The molecule has 21 heavy (non-hydrogen) atoms. The van der Waals surface area contributed by atoms with Gasteiger partial charge >= 0.3 is 0 Å². The minimum Gasteiger partial charge on any atom is -0.398 e. The van der Waals surface area contributed by atoms with Crippen molar-refractivity contribution in [3.8, 4) is 0 Å². The zero-order valence-corrected chi connectivity index (χ0v) is 14.0. The standard InChI is InChI=1S/C15H24N2O3S/c1-11-8-13(16)12(2)14(9-11)21(18,19)17-7-5-6-15(3,10-17)20-4/h8-9H,5-7,10,16H2,1-4H3. The normalized spacial score (nSPS) is 24.2. The highest BCUT2D eigenvalue weighted by molar-refractivity contribution is 7.89. The first-order valence-electron chi connectivity index (χ1n) is 7.12. The molecule has 0 bridgehead atoms. The number of benzene rings is 1. The second kappa shape index (κ2) is 5.59. The lowest BCUT2D eigenvalue weighted by molar-refractivity contribution is -0.0319. The highest BCUT2D eigenvalue weighted by atomic mass is 32.2. The van der Waals surface area contributed by atoms with Crippen LogP contribution in [0.25, 0.3) is 0 Å². The van der Waals surface area contributed by atoms with Gasteiger partial charge in [-0.05, 0) is 56.9 Å². The highest BCUT2D eigenvalue weighted by Crippen LogP contribution is 2.31. The maximum absolute atomic E-state index is 12.9. The van der Waals surface area contributed by atoms with Gasteiger partial charge in [-0.2, -0.15) is 4.31 Å². The first-order valence-corrected chi connectivity index (χ1v) is 8.56. The summed E-state index contributed by atoms with van der Waals surface area (Å²) in [5.41, 5.74) is 7.48. The van der Waals surface area contributed by atoms with Crippen molar-refractivity contribution in [2.75, 3.05) is 25.9 Å². The molecule has 1 aromatic carbocycles. The summed E-state index contributed by atoms with van der Waals surface area (Å²) < 4.78 is 32.9. The topological polar surface area (TPSA) is 72.6 Å². The monoisotopic (exact) mass is 312 g/mol. The summed E-state index contributed by atoms with van der Waals surface area (Å²) in [7, 11) is -1.91. The third-order valence-electron chi connectivity index (χ3n) is 4.28. The maximum Gasteiger partial charge on any atom is 0.243 e. The Bertz CT molecular complexity index is 643. The summed E-state index contributed by atoms with van der Waals surface area (Å²) in [4.78, 5) is 0.306. The largest absolute Gasteiger partial charge is 0.398 e. The van der Waals surface area contributed by atoms with Crippen LogP contribution in [0.5, 0.6) is 0 Å². The molecule has 2 N–H and O–H groups in total. The molecular weight excluding hydrogens is 288 g/mol. The van der Waals surface area contributed by atoms with Gasteiger partial charge in [0.25, 0.3) is 0 Å². The number of sulfonamides is 1. The Kier molecular flexibility index (Phi) is 4.33. The maximum atomic E-state index is 12.9. The van der Waals surface area contributed by atoms with Gasteiger partial charge in [0.1, 0.15) is 0 Å². The summed E-state index contributed by atoms with van der Waals surface area (Å²) in [6.07, 6.45) is 1.66. The summed E-state index contributed by atoms with van der Waals surface area (Å²) in [5.74, 6) is 0. The molecule has 5 nitrogen and oxygen atoms in total. The molecule has 2 rings (SSSR count). The second-order valence-electron chi connectivity index (χ2n) is 6.07. The number of ether oxygens (including phenoxy) is 1. The van der Waals surface area contributed by atoms with E-state index in [4.69, 9.17) is 10.5 Å². The van der Waals surface area contributed by atoms with Gasteiger partial charge < -0.3 is 10.5 Å². The molecule has 1 fully saturated rings. The third kappa shape index (κ3) is 3.07. The van der Waals surface area contributed by atoms with E-state index in [1.807, 2.05) is 13.8 Å². The SMILES string of the molecule is COC1(C)CCCN(S(=O)(=O)c2cc(C)cc(N)c2C)C1. The average molecular weight is 312 g/mol. The van der Waals surface area contributed by atoms with E-state index in [1.54, 1.807) is 26.2 Å². The summed E-state index contributed by atoms with van der Waals surface area (Å²) in [5, 5.41) is 0. The fraction of sp³-hybridized carbons (Fsp3) is 0.600. The third-order valence-corrected chi connectivity index (χ3v) is 6.25. The van der Waals surface area contributed by atoms with E-state index in [2.05, 4.69) is 0 Å². The van der Waals surface area contributed by atoms with Crippen molar-refractivity contribution in [2.45, 2.75) is 44.1 Å². The average Bonchev–Trinajstić information content (AvgIpc) is 2.42. The Morgan fingerprint density at radius 3 is 2.62 bits per heavy atom. The Hall–Kier alpha value is -1.11. The highest BCUT2D eigenvalue weighted by Gasteiger charge is 2.37. The smallest absolute Gasteiger partial charge is 0.243 e. The zero-order chi connectivity index (χ0) is 15.8. The molecule has 1 aromatic rings. The summed E-state index contributed by atoms with van der Waals surface area (Å²) in [6, 6.07) is 3.49. The first kappa shape index (κ1) is 16.3. The number of rotatable bonds is 3. The number of hydrogen-bond acceptors (Lipinski definition) is 4. The van der Waals surface area contributed by atoms with Crippen molar-refractivity contribution in [2.24, 2.45) is 0 Å². The minimum absolute atomic E-state index is 0.306. The minimum atomic E-state index is -3.55. The molecule has 118 valence electrons. The Morgan fingerprint density at radius 1 is 1.33 bits per heavy atom. The molecule has 0 aliphatic carbocycles. The second-order valence-corrected chi connectivity index (χ2v) is 7.98. The van der Waals surface area contributed by atoms with Crippen LogP contribution >= 0.6 is 0 Å². The predicted molar refractivity (Wildman–Crippen MR) is 83.7 cm³/mol. The van der Waals surface area contributed by atoms with Crippen LogP contribution in [0.15, 0.2) is 17.0 Å². The van der Waals surface area contributed by atoms with E-state index in [0.717, 1.165) is 18.4 Å². The number of nitrogen functional groups attached to an aromatic ring is 1. The van der Waals surface area contributed by atoms with Crippen LogP contribution in [-0.4, -0.2) is 38.5 Å². The van der Waals surface area contributed by atoms with Gasteiger partial charge in [0.15, 0.2) is 0 Å². The summed E-state index contributed by atoms with van der Waals surface area (Å²) >= 11 is 0. The van der Waals surface area contributed by atoms with Crippen molar-refractivity contribution < 1.29 is 13.2 Å². The molecule has 0 radical (unpaired) electrons. The molecule has 1 aliphatic heterocycles.